The number of nitrogens with one attached hydrogen (secondary N) is 2. The van der Waals surface area contributed by atoms with Gasteiger partial charge in [-0.05, 0) is 43.4 Å². The summed E-state index contributed by atoms with van der Waals surface area (Å²) < 4.78 is 4.72. The lowest BCUT2D eigenvalue weighted by molar-refractivity contribution is 0.0601. The van der Waals surface area contributed by atoms with Crippen molar-refractivity contribution in [1.82, 2.24) is 5.32 Å². The number of urea groups is 1. The number of aliphatic hydroxyl groups is 1. The van der Waals surface area contributed by atoms with Gasteiger partial charge in [-0.15, -0.1) is 0 Å². The van der Waals surface area contributed by atoms with Crippen molar-refractivity contribution in [3.8, 4) is 0 Å². The van der Waals surface area contributed by atoms with Crippen LogP contribution in [0.5, 0.6) is 0 Å². The number of ether oxygens (including phenoxy) is 1. The average molecular weight is 335 g/mol. The maximum absolute atomic E-state index is 12.1. The molecule has 3 N–H and O–H groups in total. The van der Waals surface area contributed by atoms with Crippen LogP contribution in [0.3, 0.4) is 0 Å². The second kappa shape index (κ2) is 8.01. The molecule has 2 rings (SSSR count). The molecule has 132 valence electrons. The summed E-state index contributed by atoms with van der Waals surface area (Å²) >= 11 is 0. The van der Waals surface area contributed by atoms with Gasteiger partial charge in [0.15, 0.2) is 0 Å². The number of amides is 2. The van der Waals surface area contributed by atoms with Crippen molar-refractivity contribution in [3.05, 3.63) is 23.8 Å². The Morgan fingerprint density at radius 2 is 2.08 bits per heavy atom. The Kier molecular flexibility index (Phi) is 6.03. The molecule has 24 heavy (non-hydrogen) atoms. The van der Waals surface area contributed by atoms with Crippen LogP contribution in [-0.4, -0.2) is 51.0 Å². The van der Waals surface area contributed by atoms with Crippen LogP contribution >= 0.6 is 0 Å². The van der Waals surface area contributed by atoms with Gasteiger partial charge in [-0.2, -0.15) is 0 Å². The van der Waals surface area contributed by atoms with Crippen molar-refractivity contribution >= 4 is 23.4 Å². The van der Waals surface area contributed by atoms with E-state index in [1.165, 1.54) is 7.11 Å². The Morgan fingerprint density at radius 3 is 2.67 bits per heavy atom. The lowest BCUT2D eigenvalue weighted by Gasteiger charge is -2.19. The Morgan fingerprint density at radius 1 is 1.33 bits per heavy atom. The van der Waals surface area contributed by atoms with E-state index in [9.17, 15) is 14.7 Å². The first-order valence-corrected chi connectivity index (χ1v) is 8.03. The Bertz CT molecular complexity index is 603. The Balaban J connectivity index is 1.99. The topological polar surface area (TPSA) is 90.9 Å². The number of hydrogen-bond donors (Lipinski definition) is 3. The van der Waals surface area contributed by atoms with E-state index in [1.807, 2.05) is 19.0 Å². The summed E-state index contributed by atoms with van der Waals surface area (Å²) in [7, 11) is 5.00. The van der Waals surface area contributed by atoms with E-state index >= 15 is 0 Å². The number of anilines is 2. The predicted octanol–water partition coefficient (Wildman–Crippen LogP) is 1.82. The van der Waals surface area contributed by atoms with E-state index in [4.69, 9.17) is 4.74 Å². The minimum Gasteiger partial charge on any atom is -0.465 e. The minimum absolute atomic E-state index is 0.244. The summed E-state index contributed by atoms with van der Waals surface area (Å²) in [4.78, 5) is 25.6. The number of carbonyl (C=O) groups excluding carboxylic acids is 2. The molecule has 0 bridgehead atoms. The first-order valence-electron chi connectivity index (χ1n) is 8.03. The molecule has 0 aliphatic heterocycles. The van der Waals surface area contributed by atoms with Crippen molar-refractivity contribution in [2.45, 2.75) is 25.4 Å². The van der Waals surface area contributed by atoms with Crippen molar-refractivity contribution in [3.63, 3.8) is 0 Å². The molecular formula is C17H25N3O4. The molecule has 1 aliphatic carbocycles. The summed E-state index contributed by atoms with van der Waals surface area (Å²) in [5, 5.41) is 15.2. The zero-order valence-electron chi connectivity index (χ0n) is 14.3. The molecule has 0 unspecified atom stereocenters. The fraction of sp³-hybridized carbons (Fsp3) is 0.529. The largest absolute Gasteiger partial charge is 0.465 e. The molecule has 1 aliphatic rings. The summed E-state index contributed by atoms with van der Waals surface area (Å²) in [6.07, 6.45) is 2.22. The zero-order chi connectivity index (χ0) is 17.7. The van der Waals surface area contributed by atoms with Gasteiger partial charge in [0, 0.05) is 20.6 Å². The van der Waals surface area contributed by atoms with E-state index in [1.54, 1.807) is 18.2 Å². The minimum atomic E-state index is -0.422. The third-order valence-corrected chi connectivity index (χ3v) is 4.21. The van der Waals surface area contributed by atoms with E-state index in [-0.39, 0.29) is 12.1 Å². The number of nitrogens with zero attached hydrogens (tertiary/aromatic N) is 1. The van der Waals surface area contributed by atoms with Gasteiger partial charge in [-0.25, -0.2) is 9.59 Å². The molecule has 1 saturated carbocycles. The average Bonchev–Trinajstić information content (AvgIpc) is 2.97. The monoisotopic (exact) mass is 335 g/mol. The molecule has 0 radical (unpaired) electrons. The van der Waals surface area contributed by atoms with E-state index in [0.717, 1.165) is 19.3 Å². The van der Waals surface area contributed by atoms with Gasteiger partial charge in [0.2, 0.25) is 0 Å². The van der Waals surface area contributed by atoms with Gasteiger partial charge in [-0.3, -0.25) is 0 Å². The smallest absolute Gasteiger partial charge is 0.337 e. The SMILES string of the molecule is COC(=O)c1ccc(NC(=O)NC[C@@H]2CC[C@@H](O)C2)c(N(C)C)c1. The standard InChI is InChI=1S/C17H25N3O4/c1-20(2)15-9-12(16(22)24-3)5-7-14(15)19-17(23)18-10-11-4-6-13(21)8-11/h5,7,9,11,13,21H,4,6,8,10H2,1-3H3,(H2,18,19,23)/t11-,13-/m1/s1. The highest BCUT2D eigenvalue weighted by molar-refractivity contribution is 5.96. The van der Waals surface area contributed by atoms with Crippen molar-refractivity contribution < 1.29 is 19.4 Å². The first-order chi connectivity index (χ1) is 11.4. The van der Waals surface area contributed by atoms with E-state index < -0.39 is 5.97 Å². The lowest BCUT2D eigenvalue weighted by Crippen LogP contribution is -2.33. The van der Waals surface area contributed by atoms with Crippen LogP contribution in [0.15, 0.2) is 18.2 Å². The van der Waals surface area contributed by atoms with Crippen LogP contribution in [-0.2, 0) is 4.74 Å². The molecule has 7 heteroatoms. The fourth-order valence-corrected chi connectivity index (χ4v) is 2.89. The van der Waals surface area contributed by atoms with E-state index in [2.05, 4.69) is 10.6 Å². The normalized spacial score (nSPS) is 19.7. The summed E-state index contributed by atoms with van der Waals surface area (Å²) in [6, 6.07) is 4.67. The molecule has 0 saturated heterocycles. The molecule has 7 nitrogen and oxygen atoms in total. The second-order valence-electron chi connectivity index (χ2n) is 6.29. The Hall–Kier alpha value is -2.28. The van der Waals surface area contributed by atoms with Gasteiger partial charge in [0.05, 0.1) is 30.2 Å². The molecule has 1 aromatic rings. The molecule has 0 spiro atoms. The van der Waals surface area contributed by atoms with Crippen molar-refractivity contribution in [2.24, 2.45) is 5.92 Å². The maximum atomic E-state index is 12.1. The highest BCUT2D eigenvalue weighted by Crippen LogP contribution is 2.27. The zero-order valence-corrected chi connectivity index (χ0v) is 14.3. The van der Waals surface area contributed by atoms with Gasteiger partial charge < -0.3 is 25.4 Å². The van der Waals surface area contributed by atoms with Crippen LogP contribution in [0.2, 0.25) is 0 Å². The summed E-state index contributed by atoms with van der Waals surface area (Å²) in [6.45, 7) is 0.542. The maximum Gasteiger partial charge on any atom is 0.337 e. The third-order valence-electron chi connectivity index (χ3n) is 4.21. The van der Waals surface area contributed by atoms with Crippen LogP contribution in [0.4, 0.5) is 16.2 Å². The lowest BCUT2D eigenvalue weighted by atomic mass is 10.1. The summed E-state index contributed by atoms with van der Waals surface area (Å²) in [5.41, 5.74) is 1.74. The highest BCUT2D eigenvalue weighted by atomic mass is 16.5. The second-order valence-corrected chi connectivity index (χ2v) is 6.29. The fourth-order valence-electron chi connectivity index (χ4n) is 2.89. The van der Waals surface area contributed by atoms with Crippen molar-refractivity contribution in [2.75, 3.05) is 38.0 Å². The van der Waals surface area contributed by atoms with E-state index in [0.29, 0.717) is 29.4 Å². The number of carbonyl (C=O) groups is 2. The van der Waals surface area contributed by atoms with Crippen LogP contribution in [0.25, 0.3) is 0 Å². The van der Waals surface area contributed by atoms with Gasteiger partial charge >= 0.3 is 12.0 Å². The predicted molar refractivity (Wildman–Crippen MR) is 92.5 cm³/mol. The number of rotatable bonds is 5. The van der Waals surface area contributed by atoms with Gasteiger partial charge in [0.25, 0.3) is 0 Å². The number of hydrogen-bond acceptors (Lipinski definition) is 5. The molecule has 1 aromatic carbocycles. The van der Waals surface area contributed by atoms with Crippen molar-refractivity contribution in [1.29, 1.82) is 0 Å². The Labute approximate surface area is 142 Å². The highest BCUT2D eigenvalue weighted by Gasteiger charge is 2.23. The van der Waals surface area contributed by atoms with Gasteiger partial charge in [-0.1, -0.05) is 0 Å². The van der Waals surface area contributed by atoms with Gasteiger partial charge in [0.1, 0.15) is 0 Å². The number of benzene rings is 1. The number of methoxy groups -OCH3 is 1. The van der Waals surface area contributed by atoms with Crippen LogP contribution in [0, 0.1) is 5.92 Å². The molecular weight excluding hydrogens is 310 g/mol. The molecule has 2 atom stereocenters. The number of aliphatic hydroxyl groups excluding tert-OH is 1. The quantitative estimate of drug-likeness (QED) is 0.714. The molecule has 0 heterocycles. The van der Waals surface area contributed by atoms with Crippen LogP contribution < -0.4 is 15.5 Å². The summed E-state index contributed by atoms with van der Waals surface area (Å²) in [5.74, 6) is -0.102. The molecule has 0 aromatic heterocycles. The first kappa shape index (κ1) is 18.1. The van der Waals surface area contributed by atoms with Crippen LogP contribution in [0.1, 0.15) is 29.6 Å². The number of esters is 1. The molecule has 2 amide bonds. The third kappa shape index (κ3) is 4.61. The molecule has 1 fully saturated rings.